The number of nitrogens with one attached hydrogen (secondary N) is 1. The van der Waals surface area contributed by atoms with E-state index in [4.69, 9.17) is 0 Å². The maximum Gasteiger partial charge on any atom is 0.240 e. The predicted molar refractivity (Wildman–Crippen MR) is 80.6 cm³/mol. The lowest BCUT2D eigenvalue weighted by molar-refractivity contribution is 0.0988. The Kier molecular flexibility index (Phi) is 6.06. The molecule has 1 aromatic carbocycles. The largest absolute Gasteiger partial charge is 0.294 e. The second kappa shape index (κ2) is 7.15. The number of sulfonamides is 1. The Hall–Kier alpha value is -1.25. The Labute approximate surface area is 125 Å². The van der Waals surface area contributed by atoms with Crippen LogP contribution in [-0.2, 0) is 19.9 Å². The summed E-state index contributed by atoms with van der Waals surface area (Å²) in [7, 11) is -6.85. The van der Waals surface area contributed by atoms with Crippen molar-refractivity contribution in [2.45, 2.75) is 24.7 Å². The molecule has 8 heteroatoms. The van der Waals surface area contributed by atoms with Crippen molar-refractivity contribution in [3.05, 3.63) is 29.8 Å². The molecular weight excluding hydrogens is 314 g/mol. The standard InChI is InChI=1S/C13H19NO5S2/c1-3-13(15)11-6-4-7-12(10-11)21(18,19)14-8-5-9-20(2,16)17/h4,6-7,10,14H,3,5,8-9H2,1-2H3. The molecule has 0 bridgehead atoms. The van der Waals surface area contributed by atoms with Gasteiger partial charge in [0, 0.05) is 24.8 Å². The Morgan fingerprint density at radius 3 is 2.43 bits per heavy atom. The molecule has 0 atom stereocenters. The Balaban J connectivity index is 2.77. The van der Waals surface area contributed by atoms with Crippen molar-refractivity contribution in [1.82, 2.24) is 4.72 Å². The van der Waals surface area contributed by atoms with E-state index < -0.39 is 19.9 Å². The Bertz CT molecular complexity index is 708. The van der Waals surface area contributed by atoms with Gasteiger partial charge >= 0.3 is 0 Å². The number of ketones is 1. The van der Waals surface area contributed by atoms with Crippen molar-refractivity contribution < 1.29 is 21.6 Å². The van der Waals surface area contributed by atoms with Crippen LogP contribution in [-0.4, -0.2) is 41.2 Å². The summed E-state index contributed by atoms with van der Waals surface area (Å²) in [6.07, 6.45) is 1.60. The third kappa shape index (κ3) is 5.94. The molecule has 0 spiro atoms. The van der Waals surface area contributed by atoms with Gasteiger partial charge in [-0.15, -0.1) is 0 Å². The second-order valence-electron chi connectivity index (χ2n) is 4.69. The maximum atomic E-state index is 12.0. The third-order valence-corrected chi connectivity index (χ3v) is 5.26. The summed E-state index contributed by atoms with van der Waals surface area (Å²) >= 11 is 0. The van der Waals surface area contributed by atoms with Crippen LogP contribution in [0.15, 0.2) is 29.2 Å². The van der Waals surface area contributed by atoms with Gasteiger partial charge in [0.15, 0.2) is 5.78 Å². The number of Topliss-reactive ketones (excluding diaryl/α,β-unsaturated/α-hetero) is 1. The molecule has 6 nitrogen and oxygen atoms in total. The van der Waals surface area contributed by atoms with Crippen LogP contribution in [0.25, 0.3) is 0 Å². The summed E-state index contributed by atoms with van der Waals surface area (Å²) in [5.74, 6) is -0.215. The maximum absolute atomic E-state index is 12.0. The highest BCUT2D eigenvalue weighted by molar-refractivity contribution is 7.90. The van der Waals surface area contributed by atoms with Crippen LogP contribution in [0.3, 0.4) is 0 Å². The van der Waals surface area contributed by atoms with Crippen LogP contribution >= 0.6 is 0 Å². The monoisotopic (exact) mass is 333 g/mol. The predicted octanol–water partition coefficient (Wildman–Crippen LogP) is 0.992. The van der Waals surface area contributed by atoms with Crippen molar-refractivity contribution in [2.75, 3.05) is 18.6 Å². The summed E-state index contributed by atoms with van der Waals surface area (Å²) in [5, 5.41) is 0. The number of carbonyl (C=O) groups excluding carboxylic acids is 1. The first-order chi connectivity index (χ1) is 9.65. The van der Waals surface area contributed by atoms with Crippen molar-refractivity contribution in [2.24, 2.45) is 0 Å². The molecule has 1 N–H and O–H groups in total. The van der Waals surface area contributed by atoms with Gasteiger partial charge in [0.1, 0.15) is 9.84 Å². The summed E-state index contributed by atoms with van der Waals surface area (Å²) < 4.78 is 48.4. The lowest BCUT2D eigenvalue weighted by Gasteiger charge is -2.07. The molecule has 118 valence electrons. The minimum Gasteiger partial charge on any atom is -0.294 e. The molecule has 21 heavy (non-hydrogen) atoms. The van der Waals surface area contributed by atoms with Gasteiger partial charge in [-0.1, -0.05) is 19.1 Å². The van der Waals surface area contributed by atoms with Crippen LogP contribution in [0.4, 0.5) is 0 Å². The highest BCUT2D eigenvalue weighted by Gasteiger charge is 2.15. The molecule has 0 fully saturated rings. The summed E-state index contributed by atoms with van der Waals surface area (Å²) in [6, 6.07) is 5.79. The van der Waals surface area contributed by atoms with Crippen molar-refractivity contribution in [3.8, 4) is 0 Å². The fourth-order valence-corrected chi connectivity index (χ4v) is 3.45. The van der Waals surface area contributed by atoms with Gasteiger partial charge in [-0.25, -0.2) is 21.6 Å². The van der Waals surface area contributed by atoms with E-state index in [1.165, 1.54) is 18.2 Å². The quantitative estimate of drug-likeness (QED) is 0.565. The molecule has 1 aromatic rings. The first-order valence-electron chi connectivity index (χ1n) is 6.46. The molecule has 0 aliphatic rings. The van der Waals surface area contributed by atoms with E-state index in [0.29, 0.717) is 12.0 Å². The molecule has 0 radical (unpaired) electrons. The van der Waals surface area contributed by atoms with E-state index in [2.05, 4.69) is 4.72 Å². The lowest BCUT2D eigenvalue weighted by Crippen LogP contribution is -2.26. The SMILES string of the molecule is CCC(=O)c1cccc(S(=O)(=O)NCCCS(C)(=O)=O)c1. The number of rotatable bonds is 8. The topological polar surface area (TPSA) is 97.4 Å². The third-order valence-electron chi connectivity index (χ3n) is 2.77. The fraction of sp³-hybridized carbons (Fsp3) is 0.462. The van der Waals surface area contributed by atoms with Gasteiger partial charge in [0.2, 0.25) is 10.0 Å². The van der Waals surface area contributed by atoms with Crippen LogP contribution in [0, 0.1) is 0 Å². The Morgan fingerprint density at radius 2 is 1.86 bits per heavy atom. The van der Waals surface area contributed by atoms with Crippen molar-refractivity contribution in [1.29, 1.82) is 0 Å². The molecule has 0 aliphatic heterocycles. The zero-order valence-corrected chi connectivity index (χ0v) is 13.6. The highest BCUT2D eigenvalue weighted by Crippen LogP contribution is 2.13. The summed E-state index contributed by atoms with van der Waals surface area (Å²) in [6.45, 7) is 1.73. The molecule has 0 aliphatic carbocycles. The molecule has 0 unspecified atom stereocenters. The zero-order chi connectivity index (χ0) is 16.1. The van der Waals surface area contributed by atoms with Gasteiger partial charge in [-0.05, 0) is 18.6 Å². The van der Waals surface area contributed by atoms with Crippen LogP contribution in [0.5, 0.6) is 0 Å². The normalized spacial score (nSPS) is 12.3. The first kappa shape index (κ1) is 17.8. The molecule has 0 amide bonds. The molecular formula is C13H19NO5S2. The number of sulfone groups is 1. The smallest absolute Gasteiger partial charge is 0.240 e. The van der Waals surface area contributed by atoms with Gasteiger partial charge in [0.25, 0.3) is 0 Å². The van der Waals surface area contributed by atoms with Crippen molar-refractivity contribution >= 4 is 25.6 Å². The minimum atomic E-state index is -3.74. The van der Waals surface area contributed by atoms with E-state index in [1.54, 1.807) is 13.0 Å². The minimum absolute atomic E-state index is 0.00107. The van der Waals surface area contributed by atoms with E-state index >= 15 is 0 Å². The average molecular weight is 333 g/mol. The summed E-state index contributed by atoms with van der Waals surface area (Å²) in [5.41, 5.74) is 0.344. The number of hydrogen-bond donors (Lipinski definition) is 1. The molecule has 0 aromatic heterocycles. The van der Waals surface area contributed by atoms with Gasteiger partial charge in [-0.3, -0.25) is 4.79 Å². The van der Waals surface area contributed by atoms with E-state index in [9.17, 15) is 21.6 Å². The first-order valence-corrected chi connectivity index (χ1v) is 10.0. The van der Waals surface area contributed by atoms with E-state index in [0.717, 1.165) is 6.26 Å². The molecule has 1 rings (SSSR count). The van der Waals surface area contributed by atoms with E-state index in [1.807, 2.05) is 0 Å². The fourth-order valence-electron chi connectivity index (χ4n) is 1.67. The number of carbonyl (C=O) groups is 1. The lowest BCUT2D eigenvalue weighted by atomic mass is 10.1. The van der Waals surface area contributed by atoms with Crippen molar-refractivity contribution in [3.63, 3.8) is 0 Å². The number of benzene rings is 1. The molecule has 0 heterocycles. The second-order valence-corrected chi connectivity index (χ2v) is 8.71. The molecule has 0 saturated heterocycles. The van der Waals surface area contributed by atoms with Crippen LogP contribution in [0.2, 0.25) is 0 Å². The number of hydrogen-bond acceptors (Lipinski definition) is 5. The Morgan fingerprint density at radius 1 is 1.19 bits per heavy atom. The van der Waals surface area contributed by atoms with Crippen LogP contribution in [0.1, 0.15) is 30.1 Å². The summed E-state index contributed by atoms with van der Waals surface area (Å²) in [4.78, 5) is 11.6. The average Bonchev–Trinajstić information content (AvgIpc) is 2.42. The van der Waals surface area contributed by atoms with Crippen LogP contribution < -0.4 is 4.72 Å². The zero-order valence-electron chi connectivity index (χ0n) is 12.0. The van der Waals surface area contributed by atoms with Gasteiger partial charge < -0.3 is 0 Å². The van der Waals surface area contributed by atoms with E-state index in [-0.39, 0.29) is 29.4 Å². The van der Waals surface area contributed by atoms with Gasteiger partial charge in [-0.2, -0.15) is 0 Å². The van der Waals surface area contributed by atoms with Gasteiger partial charge in [0.05, 0.1) is 10.6 Å². The molecule has 0 saturated carbocycles. The highest BCUT2D eigenvalue weighted by atomic mass is 32.2.